The van der Waals surface area contributed by atoms with Crippen LogP contribution in [0.1, 0.15) is 6.92 Å². The van der Waals surface area contributed by atoms with E-state index in [1.165, 1.54) is 0 Å². The zero-order valence-electron chi connectivity index (χ0n) is 8.74. The van der Waals surface area contributed by atoms with Gasteiger partial charge in [0.05, 0.1) is 0 Å². The van der Waals surface area contributed by atoms with Crippen molar-refractivity contribution in [1.82, 2.24) is 0 Å². The molecular weight excluding hydrogens is 236 g/mol. The number of hydrogen-bond donors (Lipinski definition) is 2. The van der Waals surface area contributed by atoms with E-state index in [1.807, 2.05) is 0 Å². The van der Waals surface area contributed by atoms with Crippen LogP contribution in [-0.4, -0.2) is 59.4 Å². The largest absolute Gasteiger partial charge is 0.453 e. The fraction of sp³-hybridized carbons (Fsp3) is 0.889. The Hall–Kier alpha value is -0.470. The highest BCUT2D eigenvalue weighted by Crippen LogP contribution is 2.28. The first kappa shape index (κ1) is 12.0. The predicted octanol–water partition coefficient (Wildman–Crippen LogP) is -0.830. The molecule has 2 aliphatic heterocycles. The van der Waals surface area contributed by atoms with Gasteiger partial charge in [0.25, 0.3) is 0 Å². The van der Waals surface area contributed by atoms with E-state index in [0.29, 0.717) is 6.61 Å². The van der Waals surface area contributed by atoms with Gasteiger partial charge in [0.2, 0.25) is 0 Å². The molecule has 5 atom stereocenters. The summed E-state index contributed by atoms with van der Waals surface area (Å²) in [6.07, 6.45) is -4.16. The maximum atomic E-state index is 9.77. The van der Waals surface area contributed by atoms with Crippen LogP contribution >= 0.6 is 12.2 Å². The van der Waals surface area contributed by atoms with E-state index >= 15 is 0 Å². The molecule has 0 bridgehead atoms. The Morgan fingerprint density at radius 3 is 2.75 bits per heavy atom. The molecular formula is C9H14O6S. The molecule has 0 aliphatic carbocycles. The molecule has 2 saturated heterocycles. The minimum Gasteiger partial charge on any atom is -0.453 e. The number of ether oxygens (including phenoxy) is 4. The average molecular weight is 250 g/mol. The zero-order valence-corrected chi connectivity index (χ0v) is 9.55. The van der Waals surface area contributed by atoms with Crippen molar-refractivity contribution in [2.75, 3.05) is 13.2 Å². The van der Waals surface area contributed by atoms with Gasteiger partial charge in [-0.3, -0.25) is 0 Å². The van der Waals surface area contributed by atoms with Gasteiger partial charge in [-0.15, -0.1) is 0 Å². The maximum absolute atomic E-state index is 9.77. The second-order valence-electron chi connectivity index (χ2n) is 3.62. The summed E-state index contributed by atoms with van der Waals surface area (Å²) in [5.41, 5.74) is 0. The van der Waals surface area contributed by atoms with Gasteiger partial charge in [-0.2, -0.15) is 0 Å². The lowest BCUT2D eigenvalue weighted by atomic mass is 10.1. The van der Waals surface area contributed by atoms with Crippen molar-refractivity contribution in [2.24, 2.45) is 0 Å². The zero-order chi connectivity index (χ0) is 11.7. The fourth-order valence-electron chi connectivity index (χ4n) is 1.78. The maximum Gasteiger partial charge on any atom is 0.352 e. The monoisotopic (exact) mass is 250 g/mol. The molecule has 92 valence electrons. The van der Waals surface area contributed by atoms with Gasteiger partial charge in [0.1, 0.15) is 24.9 Å². The van der Waals surface area contributed by atoms with Crippen molar-refractivity contribution in [3.05, 3.63) is 0 Å². The molecule has 0 amide bonds. The molecule has 2 aliphatic rings. The van der Waals surface area contributed by atoms with Gasteiger partial charge in [0.15, 0.2) is 12.4 Å². The van der Waals surface area contributed by atoms with Crippen molar-refractivity contribution in [2.45, 2.75) is 37.6 Å². The van der Waals surface area contributed by atoms with E-state index in [1.54, 1.807) is 6.92 Å². The molecule has 2 N–H and O–H groups in total. The minimum absolute atomic E-state index is 0.0372. The van der Waals surface area contributed by atoms with Gasteiger partial charge < -0.3 is 29.2 Å². The summed E-state index contributed by atoms with van der Waals surface area (Å²) in [5.74, 6) is 0. The van der Waals surface area contributed by atoms with Crippen molar-refractivity contribution in [3.63, 3.8) is 0 Å². The first-order chi connectivity index (χ1) is 7.63. The third-order valence-electron chi connectivity index (χ3n) is 2.57. The number of thiocarbonyl (C=S) groups is 1. The van der Waals surface area contributed by atoms with Crippen LogP contribution in [0.3, 0.4) is 0 Å². The Morgan fingerprint density at radius 1 is 1.44 bits per heavy atom. The van der Waals surface area contributed by atoms with Gasteiger partial charge in [0, 0.05) is 18.8 Å². The summed E-state index contributed by atoms with van der Waals surface area (Å²) >= 11 is 4.70. The molecule has 0 saturated carbocycles. The molecule has 0 aromatic carbocycles. The van der Waals surface area contributed by atoms with Crippen LogP contribution in [0.5, 0.6) is 0 Å². The quantitative estimate of drug-likeness (QED) is 0.633. The van der Waals surface area contributed by atoms with E-state index < -0.39 is 30.7 Å². The smallest absolute Gasteiger partial charge is 0.352 e. The van der Waals surface area contributed by atoms with Crippen LogP contribution in [0, 0.1) is 0 Å². The predicted molar refractivity (Wildman–Crippen MR) is 55.7 cm³/mol. The highest BCUT2D eigenvalue weighted by molar-refractivity contribution is 7.79. The van der Waals surface area contributed by atoms with Gasteiger partial charge in [-0.05, 0) is 6.92 Å². The van der Waals surface area contributed by atoms with E-state index in [4.69, 9.17) is 31.2 Å². The summed E-state index contributed by atoms with van der Waals surface area (Å²) < 4.78 is 20.6. The SMILES string of the molecule is CCO[C@H]1O[C@@H]([C@@H]2COC(=S)O2)[C@@H](O)[C@@H]1O. The highest BCUT2D eigenvalue weighted by atomic mass is 32.1. The van der Waals surface area contributed by atoms with Crippen LogP contribution in [0.4, 0.5) is 0 Å². The molecule has 0 radical (unpaired) electrons. The van der Waals surface area contributed by atoms with Crippen LogP contribution in [-0.2, 0) is 18.9 Å². The van der Waals surface area contributed by atoms with Crippen LogP contribution < -0.4 is 0 Å². The highest BCUT2D eigenvalue weighted by Gasteiger charge is 2.49. The van der Waals surface area contributed by atoms with E-state index in [2.05, 4.69) is 0 Å². The standard InChI is InChI=1S/C9H14O6S/c1-2-12-8-6(11)5(10)7(15-8)4-3-13-9(16)14-4/h4-8,10-11H,2-3H2,1H3/t4-,5-,6-,7-,8-/m0/s1. The van der Waals surface area contributed by atoms with Gasteiger partial charge in [-0.1, -0.05) is 0 Å². The van der Waals surface area contributed by atoms with E-state index in [-0.39, 0.29) is 11.8 Å². The minimum atomic E-state index is -1.08. The summed E-state index contributed by atoms with van der Waals surface area (Å²) in [6, 6.07) is 0. The van der Waals surface area contributed by atoms with E-state index in [9.17, 15) is 10.2 Å². The van der Waals surface area contributed by atoms with Crippen molar-refractivity contribution in [3.8, 4) is 0 Å². The summed E-state index contributed by atoms with van der Waals surface area (Å²) in [7, 11) is 0. The lowest BCUT2D eigenvalue weighted by Crippen LogP contribution is -2.40. The molecule has 0 unspecified atom stereocenters. The van der Waals surface area contributed by atoms with Crippen molar-refractivity contribution in [1.29, 1.82) is 0 Å². The summed E-state index contributed by atoms with van der Waals surface area (Å²) in [4.78, 5) is 0. The molecule has 16 heavy (non-hydrogen) atoms. The van der Waals surface area contributed by atoms with E-state index in [0.717, 1.165) is 0 Å². The Labute approximate surface area is 98.0 Å². The normalized spacial score (nSPS) is 43.2. The molecule has 7 heteroatoms. The average Bonchev–Trinajstić information content (AvgIpc) is 2.78. The van der Waals surface area contributed by atoms with Crippen molar-refractivity contribution >= 4 is 17.5 Å². The first-order valence-corrected chi connectivity index (χ1v) is 5.51. The summed E-state index contributed by atoms with van der Waals surface area (Å²) in [5, 5.41) is 19.5. The Bertz CT molecular complexity index is 273. The number of aliphatic hydroxyl groups excluding tert-OH is 2. The fourth-order valence-corrected chi connectivity index (χ4v) is 1.98. The molecule has 0 aromatic heterocycles. The second kappa shape index (κ2) is 4.80. The van der Waals surface area contributed by atoms with Crippen LogP contribution in [0.25, 0.3) is 0 Å². The lowest BCUT2D eigenvalue weighted by molar-refractivity contribution is -0.172. The van der Waals surface area contributed by atoms with Crippen molar-refractivity contribution < 1.29 is 29.2 Å². The third kappa shape index (κ3) is 2.14. The number of hydrogen-bond acceptors (Lipinski definition) is 7. The Kier molecular flexibility index (Phi) is 3.60. The third-order valence-corrected chi connectivity index (χ3v) is 2.78. The van der Waals surface area contributed by atoms with Gasteiger partial charge >= 0.3 is 5.24 Å². The lowest BCUT2D eigenvalue weighted by Gasteiger charge is -2.18. The van der Waals surface area contributed by atoms with Crippen LogP contribution in [0.2, 0.25) is 0 Å². The second-order valence-corrected chi connectivity index (χ2v) is 3.96. The number of rotatable bonds is 3. The molecule has 6 nitrogen and oxygen atoms in total. The number of aliphatic hydroxyl groups is 2. The topological polar surface area (TPSA) is 77.4 Å². The molecule has 0 aromatic rings. The first-order valence-electron chi connectivity index (χ1n) is 5.10. The molecule has 2 fully saturated rings. The Morgan fingerprint density at radius 2 is 2.19 bits per heavy atom. The van der Waals surface area contributed by atoms with Gasteiger partial charge in [-0.25, -0.2) is 0 Å². The molecule has 2 heterocycles. The Balaban J connectivity index is 1.98. The summed E-state index contributed by atoms with van der Waals surface area (Å²) in [6.45, 7) is 2.38. The van der Waals surface area contributed by atoms with Crippen LogP contribution in [0.15, 0.2) is 0 Å². The molecule has 2 rings (SSSR count). The molecule has 0 spiro atoms.